The Hall–Kier alpha value is -5.02. The van der Waals surface area contributed by atoms with Gasteiger partial charge in [0.25, 0.3) is 5.91 Å². The number of carbonyl (C=O) groups is 2. The van der Waals surface area contributed by atoms with Crippen molar-refractivity contribution in [3.05, 3.63) is 83.9 Å². The van der Waals surface area contributed by atoms with Gasteiger partial charge in [-0.15, -0.1) is 15.0 Å². The Labute approximate surface area is 283 Å². The van der Waals surface area contributed by atoms with E-state index in [1.807, 2.05) is 53.4 Å². The molecule has 1 aliphatic heterocycles. The number of benzene rings is 3. The van der Waals surface area contributed by atoms with Crippen LogP contribution >= 0.6 is 0 Å². The Kier molecular flexibility index (Phi) is 10.4. The second-order valence-electron chi connectivity index (χ2n) is 12.2. The van der Waals surface area contributed by atoms with Gasteiger partial charge in [0.15, 0.2) is 0 Å². The van der Waals surface area contributed by atoms with Crippen LogP contribution < -0.4 is 4.74 Å². The van der Waals surface area contributed by atoms with E-state index < -0.39 is 17.9 Å². The van der Waals surface area contributed by atoms with Crippen LogP contribution in [0.1, 0.15) is 76.1 Å². The Balaban J connectivity index is 1.10. The van der Waals surface area contributed by atoms with Crippen molar-refractivity contribution >= 4 is 17.9 Å². The molecule has 1 atom stereocenters. The van der Waals surface area contributed by atoms with Gasteiger partial charge >= 0.3 is 6.16 Å². The monoisotopic (exact) mass is 669 g/mol. The number of ether oxygens (including phenoxy) is 2. The lowest BCUT2D eigenvalue weighted by Gasteiger charge is -2.23. The summed E-state index contributed by atoms with van der Waals surface area (Å²) in [4.78, 5) is 38.7. The Morgan fingerprint density at radius 2 is 1.67 bits per heavy atom. The lowest BCUT2D eigenvalue weighted by molar-refractivity contribution is -0.497. The summed E-state index contributed by atoms with van der Waals surface area (Å²) < 4.78 is 10.6. The van der Waals surface area contributed by atoms with E-state index in [1.165, 1.54) is 16.9 Å². The molecule has 14 nitrogen and oxygen atoms in total. The number of hydrogen-bond donors (Lipinski definition) is 2. The van der Waals surface area contributed by atoms with Crippen LogP contribution in [-0.4, -0.2) is 64.3 Å². The standard InChI is InChI=1S/C35H39N7O7/c1-3-4-11-31-36-35(20-7-8-21-35)33(43)40(31)22-25-12-16-27(17-13-25)29-9-5-6-10-30(29)32-37-39-41(38-32)24(2)48-34(44)49-28-18-14-26(15-19-28)23-47-42(45)46/h5-6,9-10,12-19,24,45-46H,3-4,7-8,11,20-23H2,1-2H3. The zero-order valence-corrected chi connectivity index (χ0v) is 27.4. The lowest BCUT2D eigenvalue weighted by atomic mass is 9.97. The molecular weight excluding hydrogens is 630 g/mol. The molecule has 0 saturated heterocycles. The predicted octanol–water partition coefficient (Wildman–Crippen LogP) is 6.50. The second-order valence-corrected chi connectivity index (χ2v) is 12.2. The number of aliphatic imine (C=N–C) groups is 1. The fraction of sp³-hybridized carbons (Fsp3) is 0.371. The van der Waals surface area contributed by atoms with E-state index >= 15 is 0 Å². The molecule has 2 heterocycles. The third-order valence-electron chi connectivity index (χ3n) is 8.75. The first kappa shape index (κ1) is 33.9. The van der Waals surface area contributed by atoms with Gasteiger partial charge in [-0.2, -0.15) is 0 Å². The summed E-state index contributed by atoms with van der Waals surface area (Å²) in [7, 11) is 0. The molecule has 0 radical (unpaired) electrons. The maximum atomic E-state index is 13.6. The van der Waals surface area contributed by atoms with Crippen LogP contribution in [-0.2, 0) is 27.5 Å². The van der Waals surface area contributed by atoms with Crippen LogP contribution in [0.3, 0.4) is 0 Å². The van der Waals surface area contributed by atoms with Gasteiger partial charge in [0, 0.05) is 12.0 Å². The molecule has 6 rings (SSSR count). The van der Waals surface area contributed by atoms with E-state index in [0.717, 1.165) is 73.0 Å². The van der Waals surface area contributed by atoms with Crippen molar-refractivity contribution in [2.75, 3.05) is 0 Å². The Morgan fingerprint density at radius 1 is 0.980 bits per heavy atom. The molecule has 1 aliphatic carbocycles. The van der Waals surface area contributed by atoms with Crippen LogP contribution in [0.5, 0.6) is 5.75 Å². The molecule has 1 saturated carbocycles. The molecule has 14 heteroatoms. The van der Waals surface area contributed by atoms with Crippen LogP contribution in [0.15, 0.2) is 77.8 Å². The Bertz CT molecular complexity index is 1780. The highest BCUT2D eigenvalue weighted by molar-refractivity contribution is 6.08. The summed E-state index contributed by atoms with van der Waals surface area (Å²) >= 11 is 0. The average molecular weight is 670 g/mol. The van der Waals surface area contributed by atoms with Gasteiger partial charge in [-0.05, 0) is 65.8 Å². The highest BCUT2D eigenvalue weighted by atomic mass is 17.1. The maximum Gasteiger partial charge on any atom is 0.515 e. The molecule has 1 aromatic heterocycles. The highest BCUT2D eigenvalue weighted by Gasteiger charge is 2.49. The minimum absolute atomic E-state index is 0.0966. The lowest BCUT2D eigenvalue weighted by Crippen LogP contribution is -2.40. The summed E-state index contributed by atoms with van der Waals surface area (Å²) in [6.07, 6.45) is 4.76. The number of carbonyl (C=O) groups excluding carboxylic acids is 2. The van der Waals surface area contributed by atoms with E-state index in [1.54, 1.807) is 19.1 Å². The van der Waals surface area contributed by atoms with Gasteiger partial charge in [0.2, 0.25) is 12.1 Å². The van der Waals surface area contributed by atoms with Gasteiger partial charge in [-0.3, -0.25) is 25.1 Å². The number of amides is 1. The first-order chi connectivity index (χ1) is 23.7. The summed E-state index contributed by atoms with van der Waals surface area (Å²) in [6, 6.07) is 22.0. The molecule has 49 heavy (non-hydrogen) atoms. The highest BCUT2D eigenvalue weighted by Crippen LogP contribution is 2.40. The van der Waals surface area contributed by atoms with E-state index in [2.05, 4.69) is 27.2 Å². The molecule has 3 aromatic carbocycles. The third kappa shape index (κ3) is 7.84. The second kappa shape index (κ2) is 15.0. The molecule has 2 N–H and O–H groups in total. The molecule has 1 unspecified atom stereocenters. The molecule has 256 valence electrons. The number of aromatic nitrogens is 4. The SMILES string of the molecule is CCCCC1=NC2(CCCC2)C(=O)N1Cc1ccc(-c2ccccc2-c2nnn(C(C)OC(=O)Oc3ccc(CON(O)O)cc3)n2)cc1. The van der Waals surface area contributed by atoms with Gasteiger partial charge in [-0.25, -0.2) is 9.63 Å². The quantitative estimate of drug-likeness (QED) is 0.0907. The summed E-state index contributed by atoms with van der Waals surface area (Å²) in [5.74, 6) is 1.63. The normalized spacial score (nSPS) is 16.0. The third-order valence-corrected chi connectivity index (χ3v) is 8.75. The largest absolute Gasteiger partial charge is 0.515 e. The summed E-state index contributed by atoms with van der Waals surface area (Å²) in [5.41, 5.74) is 3.68. The molecule has 1 spiro atoms. The van der Waals surface area contributed by atoms with Crippen molar-refractivity contribution in [2.45, 2.75) is 83.7 Å². The van der Waals surface area contributed by atoms with Gasteiger partial charge in [0.05, 0.1) is 18.5 Å². The first-order valence-corrected chi connectivity index (χ1v) is 16.4. The van der Waals surface area contributed by atoms with Gasteiger partial charge in [0.1, 0.15) is 17.1 Å². The number of unbranched alkanes of at least 4 members (excludes halogenated alkanes) is 1. The van der Waals surface area contributed by atoms with Crippen LogP contribution in [0.4, 0.5) is 4.79 Å². The maximum absolute atomic E-state index is 13.6. The van der Waals surface area contributed by atoms with Crippen molar-refractivity contribution in [3.63, 3.8) is 0 Å². The van der Waals surface area contributed by atoms with Crippen LogP contribution in [0.25, 0.3) is 22.5 Å². The van der Waals surface area contributed by atoms with Crippen LogP contribution in [0, 0.1) is 0 Å². The van der Waals surface area contributed by atoms with Crippen molar-refractivity contribution < 1.29 is 34.3 Å². The number of amidine groups is 1. The minimum atomic E-state index is -0.967. The van der Waals surface area contributed by atoms with Gasteiger partial charge < -0.3 is 9.47 Å². The predicted molar refractivity (Wildman–Crippen MR) is 176 cm³/mol. The van der Waals surface area contributed by atoms with Gasteiger partial charge in [-0.1, -0.05) is 86.8 Å². The zero-order valence-electron chi connectivity index (χ0n) is 27.4. The molecule has 4 aromatic rings. The van der Waals surface area contributed by atoms with Crippen LogP contribution in [0.2, 0.25) is 0 Å². The molecule has 1 fully saturated rings. The number of tetrazole rings is 1. The zero-order chi connectivity index (χ0) is 34.4. The fourth-order valence-electron chi connectivity index (χ4n) is 6.18. The molecule has 2 aliphatic rings. The first-order valence-electron chi connectivity index (χ1n) is 16.4. The topological polar surface area (TPSA) is 165 Å². The minimum Gasteiger partial charge on any atom is -0.407 e. The molecule has 0 bridgehead atoms. The van der Waals surface area contributed by atoms with E-state index in [9.17, 15) is 9.59 Å². The smallest absolute Gasteiger partial charge is 0.407 e. The van der Waals surface area contributed by atoms with E-state index in [4.69, 9.17) is 24.9 Å². The summed E-state index contributed by atoms with van der Waals surface area (Å²) in [5, 5.41) is 29.7. The van der Waals surface area contributed by atoms with E-state index in [0.29, 0.717) is 17.9 Å². The fourth-order valence-corrected chi connectivity index (χ4v) is 6.18. The number of nitrogens with zero attached hydrogens (tertiary/aromatic N) is 7. The Morgan fingerprint density at radius 3 is 2.37 bits per heavy atom. The molecular formula is C35H39N7O7. The van der Waals surface area contributed by atoms with Crippen molar-refractivity contribution in [3.8, 4) is 28.3 Å². The number of hydrogen-bond acceptors (Lipinski definition) is 12. The van der Waals surface area contributed by atoms with Crippen molar-refractivity contribution in [1.29, 1.82) is 0 Å². The van der Waals surface area contributed by atoms with Crippen molar-refractivity contribution in [1.82, 2.24) is 30.5 Å². The van der Waals surface area contributed by atoms with E-state index in [-0.39, 0.29) is 23.7 Å². The summed E-state index contributed by atoms with van der Waals surface area (Å²) in [6.45, 7) is 4.14. The van der Waals surface area contributed by atoms with Crippen molar-refractivity contribution in [2.24, 2.45) is 4.99 Å². The number of rotatable bonds is 13. The molecule has 1 amide bonds. The average Bonchev–Trinajstić information content (AvgIpc) is 3.85.